The maximum absolute atomic E-state index is 14.5. The number of terminal acetylenes is 1. The lowest BCUT2D eigenvalue weighted by Crippen LogP contribution is -2.39. The number of aliphatic carboxylic acids is 1. The molecule has 2 aliphatic rings. The van der Waals surface area contributed by atoms with Crippen molar-refractivity contribution in [3.63, 3.8) is 0 Å². The van der Waals surface area contributed by atoms with Gasteiger partial charge in [-0.1, -0.05) is 38.0 Å². The van der Waals surface area contributed by atoms with Crippen LogP contribution in [0.15, 0.2) is 75.7 Å². The third kappa shape index (κ3) is 22.1. The van der Waals surface area contributed by atoms with Crippen LogP contribution in [0.4, 0.5) is 50.4 Å². The van der Waals surface area contributed by atoms with Crippen molar-refractivity contribution in [1.29, 1.82) is 0 Å². The van der Waals surface area contributed by atoms with Crippen molar-refractivity contribution in [3.05, 3.63) is 94.2 Å². The second kappa shape index (κ2) is 31.7. The Morgan fingerprint density at radius 3 is 2.15 bits per heavy atom. The first-order valence-electron chi connectivity index (χ1n) is 26.7. The zero-order valence-corrected chi connectivity index (χ0v) is 54.2. The topological polar surface area (TPSA) is 436 Å². The van der Waals surface area contributed by atoms with E-state index in [0.717, 1.165) is 24.9 Å². The number of carbonyl (C=O) groups excluding carboxylic acids is 4. The van der Waals surface area contributed by atoms with E-state index in [4.69, 9.17) is 41.1 Å². The number of fused-ring (bicyclic) bond motifs is 2. The molecule has 6 amide bonds. The molecule has 40 heteroatoms. The first-order valence-corrected chi connectivity index (χ1v) is 32.7. The maximum atomic E-state index is 14.5. The van der Waals surface area contributed by atoms with E-state index in [0.29, 0.717) is 16.2 Å². The van der Waals surface area contributed by atoms with Crippen LogP contribution in [0.3, 0.4) is 0 Å². The largest absolute Gasteiger partial charge is 0.481 e. The second-order valence-corrected chi connectivity index (χ2v) is 27.1. The van der Waals surface area contributed by atoms with Crippen molar-refractivity contribution in [2.45, 2.75) is 75.1 Å². The van der Waals surface area contributed by atoms with Crippen LogP contribution in [-0.4, -0.2) is 174 Å². The summed E-state index contributed by atoms with van der Waals surface area (Å²) in [6.07, 6.45) is 1.21. The molecule has 93 heavy (non-hydrogen) atoms. The zero-order chi connectivity index (χ0) is 69.4. The second-order valence-electron chi connectivity index (χ2n) is 20.5. The molecular formula is C53H63F4N16O16PS3. The van der Waals surface area contributed by atoms with Gasteiger partial charge in [0.15, 0.2) is 24.8 Å². The number of alkyl halides is 3. The number of ether oxygens (including phenoxy) is 4. The Balaban J connectivity index is 0.000000234. The van der Waals surface area contributed by atoms with Crippen LogP contribution in [0, 0.1) is 30.5 Å². The zero-order valence-electron chi connectivity index (χ0n) is 50.9. The number of rotatable bonds is 18. The average Bonchev–Trinajstić information content (AvgIpc) is 1.45. The number of nitrogens with two attached hydrogens (primary N) is 1. The van der Waals surface area contributed by atoms with E-state index in [9.17, 15) is 62.9 Å². The van der Waals surface area contributed by atoms with Gasteiger partial charge in [0.2, 0.25) is 28.5 Å². The number of aryl methyl sites for hydroxylation is 2. The van der Waals surface area contributed by atoms with E-state index in [1.165, 1.54) is 125 Å². The highest BCUT2D eigenvalue weighted by molar-refractivity contribution is 7.90. The van der Waals surface area contributed by atoms with Gasteiger partial charge in [0.25, 0.3) is 31.9 Å². The van der Waals surface area contributed by atoms with Gasteiger partial charge in [-0.05, 0) is 55.0 Å². The molecule has 6 aromatic rings. The number of anilines is 3. The minimum absolute atomic E-state index is 0.0412. The summed E-state index contributed by atoms with van der Waals surface area (Å²) in [5, 5.41) is 12.0. The van der Waals surface area contributed by atoms with Crippen molar-refractivity contribution in [3.8, 4) is 35.9 Å². The lowest BCUT2D eigenvalue weighted by atomic mass is 9.92. The number of halogens is 4. The number of urea groups is 2. The molecule has 32 nitrogen and oxygen atoms in total. The van der Waals surface area contributed by atoms with Crippen LogP contribution in [0.5, 0.6) is 23.5 Å². The lowest BCUT2D eigenvalue weighted by molar-refractivity contribution is -0.138. The van der Waals surface area contributed by atoms with Crippen LogP contribution in [0.25, 0.3) is 0 Å². The third-order valence-corrected chi connectivity index (χ3v) is 16.7. The van der Waals surface area contributed by atoms with E-state index in [-0.39, 0.29) is 89.4 Å². The fourth-order valence-corrected chi connectivity index (χ4v) is 11.6. The Morgan fingerprint density at radius 1 is 0.946 bits per heavy atom. The molecule has 0 spiro atoms. The summed E-state index contributed by atoms with van der Waals surface area (Å²) in [4.78, 5) is 97.3. The highest BCUT2D eigenvalue weighted by atomic mass is 32.2. The molecule has 2 unspecified atom stereocenters. The number of sulfonamides is 2. The van der Waals surface area contributed by atoms with Crippen molar-refractivity contribution in [2.75, 3.05) is 76.9 Å². The third-order valence-electron chi connectivity index (χ3n) is 12.1. The van der Waals surface area contributed by atoms with Crippen molar-refractivity contribution in [1.82, 2.24) is 53.2 Å². The van der Waals surface area contributed by atoms with Gasteiger partial charge >= 0.3 is 30.2 Å². The molecule has 4 aromatic heterocycles. The number of aromatic nitrogens is 8. The summed E-state index contributed by atoms with van der Waals surface area (Å²) in [6.45, 7) is 7.74. The van der Waals surface area contributed by atoms with Gasteiger partial charge in [-0.25, -0.2) is 41.8 Å². The molecule has 0 bridgehead atoms. The monoisotopic (exact) mass is 1380 g/mol. The van der Waals surface area contributed by atoms with Crippen molar-refractivity contribution in [2.24, 2.45) is 16.1 Å². The van der Waals surface area contributed by atoms with Gasteiger partial charge in [0.1, 0.15) is 29.1 Å². The summed E-state index contributed by atoms with van der Waals surface area (Å²) in [7, 11) is -5.09. The predicted molar refractivity (Wildman–Crippen MR) is 325 cm³/mol. The fourth-order valence-electron chi connectivity index (χ4n) is 7.88. The van der Waals surface area contributed by atoms with Crippen molar-refractivity contribution >= 4 is 92.1 Å². The van der Waals surface area contributed by atoms with Crippen LogP contribution in [0.2, 0.25) is 0 Å². The Labute approximate surface area is 533 Å². The SMILES string of the molecule is C#CCN1C(=O)COc2cc(F)c(N=c3snc4n3CC(C)(C)C4)cc21.COc1cc(OC)nc(NC(=O)NS(=O)(=O)c2ncccc2C(=O)N(C)C)n1.COc1nc(C)nc(NC(=O)NS(=O)(=O)c2ccccc2CCC(F)(F)F)n1.CP(=O)(O)CCC(N)C(=O)O. The van der Waals surface area contributed by atoms with Crippen LogP contribution in [0.1, 0.15) is 54.3 Å². The minimum atomic E-state index is -4.46. The molecule has 0 saturated carbocycles. The predicted octanol–water partition coefficient (Wildman–Crippen LogP) is 4.24. The van der Waals surface area contributed by atoms with Gasteiger partial charge < -0.3 is 44.1 Å². The normalized spacial score (nSPS) is 14.1. The molecule has 0 radical (unpaired) electrons. The van der Waals surface area contributed by atoms with Crippen molar-refractivity contribution < 1.29 is 91.9 Å². The molecule has 0 saturated heterocycles. The van der Waals surface area contributed by atoms with E-state index < -0.39 is 92.2 Å². The average molecular weight is 1380 g/mol. The fraction of sp³-hybridized carbons (Fsp3) is 0.377. The number of pyridine rings is 1. The Kier molecular flexibility index (Phi) is 25.3. The quantitative estimate of drug-likeness (QED) is 0.0359. The van der Waals surface area contributed by atoms with Crippen LogP contribution < -0.4 is 54.5 Å². The van der Waals surface area contributed by atoms with E-state index in [1.54, 1.807) is 9.44 Å². The number of hydrogen-bond acceptors (Lipinski definition) is 24. The number of hydrogen-bond donors (Lipinski definition) is 7. The number of amides is 6. The number of nitrogens with zero attached hydrogens (tertiary/aromatic N) is 11. The van der Waals surface area contributed by atoms with Gasteiger partial charge in [0, 0.05) is 70.1 Å². The summed E-state index contributed by atoms with van der Waals surface area (Å²) in [5.41, 5.74) is 5.51. The van der Waals surface area contributed by atoms with Crippen LogP contribution in [-0.2, 0) is 53.6 Å². The van der Waals surface area contributed by atoms with Crippen LogP contribution >= 0.6 is 18.9 Å². The summed E-state index contributed by atoms with van der Waals surface area (Å²) < 4.78 is 142. The lowest BCUT2D eigenvalue weighted by Gasteiger charge is -2.28. The number of methoxy groups -OCH3 is 3. The summed E-state index contributed by atoms with van der Waals surface area (Å²) in [5.74, 6) is 1.07. The molecule has 2 aliphatic heterocycles. The van der Waals surface area contributed by atoms with Gasteiger partial charge in [-0.15, -0.1) is 6.42 Å². The number of nitrogens with one attached hydrogen (secondary N) is 4. The Morgan fingerprint density at radius 2 is 1.57 bits per heavy atom. The molecule has 6 heterocycles. The first kappa shape index (κ1) is 74.2. The Bertz CT molecular complexity index is 4130. The van der Waals surface area contributed by atoms with E-state index in [2.05, 4.69) is 69.7 Å². The standard InChI is InChI=1S/C18H17FN4O2S.C15H16F3N5O4S.C15H18N6O6S.C5H12NO4P/c1-4-5-22-13-7-12(11(19)6-14(13)25-9-16(22)24)20-17-23-10-18(2,3)8-15(23)21-26-17;1-9-19-12(22-14(20-9)27-2)21-13(24)23-28(25,26)11-6-4-3-5-10(11)7-8-15(16,17)18;1-21(2)13(22)9-6-5-7-16-12(9)28(24,25)20-15(23)19-14-17-10(26-3)8-11(18-14)27-4;1-11(9,10)3-2-4(6)5(7)8/h1,6-7H,5,8-10H2,2-3H3;3-6H,7-8H2,1-2H3,(H2,19,20,21,22,23,24);5-8H,1-4H3,(H2,17,18,19,20,23);4H,2-3,6H2,1H3,(H,7,8)(H,9,10). The van der Waals surface area contributed by atoms with Gasteiger partial charge in [0.05, 0.1) is 50.1 Å². The van der Waals surface area contributed by atoms with E-state index in [1.807, 2.05) is 4.57 Å². The number of benzene rings is 2. The van der Waals surface area contributed by atoms with Gasteiger partial charge in [-0.2, -0.15) is 50.9 Å². The highest BCUT2D eigenvalue weighted by Gasteiger charge is 2.33. The summed E-state index contributed by atoms with van der Waals surface area (Å²) in [6, 6.07) is 8.44. The minimum Gasteiger partial charge on any atom is -0.481 e. The molecule has 0 aliphatic carbocycles. The number of carboxylic acids is 1. The van der Waals surface area contributed by atoms with E-state index >= 15 is 0 Å². The van der Waals surface area contributed by atoms with Gasteiger partial charge in [-0.3, -0.25) is 34.5 Å². The molecule has 8 N–H and O–H groups in total. The maximum Gasteiger partial charge on any atom is 0.389 e. The highest BCUT2D eigenvalue weighted by Crippen LogP contribution is 2.38. The molecule has 0 fully saturated rings. The molecule has 2 aromatic carbocycles. The molecule has 8 rings (SSSR count). The molecule has 2 atom stereocenters. The number of carbonyl (C=O) groups is 5. The first-order chi connectivity index (χ1) is 43.4. The molecule has 502 valence electrons. The smallest absolute Gasteiger partial charge is 0.389 e. The summed E-state index contributed by atoms with van der Waals surface area (Å²) >= 11 is 1.24. The number of carboxylic acid groups (broad SMARTS) is 1. The Hall–Kier alpha value is -9.48. The molecular weight excluding hydrogens is 1320 g/mol.